The molecular formula is C16H23N3O2. The molecule has 2 aliphatic rings. The molecule has 1 atom stereocenters. The number of nitrogens with zero attached hydrogens (tertiary/aromatic N) is 1. The lowest BCUT2D eigenvalue weighted by atomic mass is 10.1. The number of carbonyl (C=O) groups excluding carboxylic acids is 2. The lowest BCUT2D eigenvalue weighted by Crippen LogP contribution is -2.42. The first-order valence-electron chi connectivity index (χ1n) is 7.80. The van der Waals surface area contributed by atoms with Gasteiger partial charge in [0.05, 0.1) is 11.3 Å². The molecular weight excluding hydrogens is 266 g/mol. The van der Waals surface area contributed by atoms with Crippen LogP contribution in [0.15, 0.2) is 0 Å². The quantitative estimate of drug-likeness (QED) is 0.812. The normalized spacial score (nSPS) is 21.8. The second kappa shape index (κ2) is 5.64. The van der Waals surface area contributed by atoms with Gasteiger partial charge in [0.15, 0.2) is 6.29 Å². The second-order valence-electron chi connectivity index (χ2n) is 6.26. The van der Waals surface area contributed by atoms with Gasteiger partial charge in [-0.15, -0.1) is 0 Å². The van der Waals surface area contributed by atoms with E-state index in [1.165, 1.54) is 12.8 Å². The second-order valence-corrected chi connectivity index (χ2v) is 6.26. The van der Waals surface area contributed by atoms with Crippen LogP contribution in [0.5, 0.6) is 0 Å². The Kier molecular flexibility index (Phi) is 3.85. The Morgan fingerprint density at radius 1 is 1.38 bits per heavy atom. The summed E-state index contributed by atoms with van der Waals surface area (Å²) in [7, 11) is 0. The fourth-order valence-corrected chi connectivity index (χ4v) is 3.26. The Labute approximate surface area is 125 Å². The van der Waals surface area contributed by atoms with Crippen molar-refractivity contribution in [1.82, 2.24) is 15.2 Å². The molecule has 1 saturated carbocycles. The van der Waals surface area contributed by atoms with Gasteiger partial charge in [-0.1, -0.05) is 0 Å². The molecule has 114 valence electrons. The molecule has 0 bridgehead atoms. The zero-order valence-electron chi connectivity index (χ0n) is 12.7. The van der Waals surface area contributed by atoms with Gasteiger partial charge >= 0.3 is 0 Å². The summed E-state index contributed by atoms with van der Waals surface area (Å²) in [6, 6.07) is 0.950. The highest BCUT2D eigenvalue weighted by molar-refractivity contribution is 5.99. The number of hydrogen-bond acceptors (Lipinski definition) is 3. The van der Waals surface area contributed by atoms with E-state index in [0.717, 1.165) is 43.5 Å². The van der Waals surface area contributed by atoms with Crippen LogP contribution < -0.4 is 5.32 Å². The molecule has 2 heterocycles. The minimum Gasteiger partial charge on any atom is -0.356 e. The summed E-state index contributed by atoms with van der Waals surface area (Å²) in [5.41, 5.74) is 2.76. The van der Waals surface area contributed by atoms with E-state index in [0.29, 0.717) is 17.3 Å². The molecule has 5 heteroatoms. The van der Waals surface area contributed by atoms with Crippen LogP contribution in [0.2, 0.25) is 0 Å². The summed E-state index contributed by atoms with van der Waals surface area (Å²) >= 11 is 0. The Hall–Kier alpha value is -1.62. The molecule has 3 rings (SSSR count). The van der Waals surface area contributed by atoms with Crippen LogP contribution in [0.4, 0.5) is 0 Å². The van der Waals surface area contributed by atoms with E-state index in [4.69, 9.17) is 0 Å². The molecule has 1 aliphatic heterocycles. The number of aromatic amines is 1. The number of hydrogen-bond donors (Lipinski definition) is 2. The van der Waals surface area contributed by atoms with Gasteiger partial charge in [0.1, 0.15) is 0 Å². The van der Waals surface area contributed by atoms with Gasteiger partial charge in [0, 0.05) is 30.9 Å². The first-order valence-corrected chi connectivity index (χ1v) is 7.80. The van der Waals surface area contributed by atoms with E-state index in [2.05, 4.69) is 10.3 Å². The molecule has 1 amide bonds. The molecule has 2 fully saturated rings. The summed E-state index contributed by atoms with van der Waals surface area (Å²) in [6.45, 7) is 5.41. The average molecular weight is 289 g/mol. The maximum atomic E-state index is 12.9. The summed E-state index contributed by atoms with van der Waals surface area (Å²) in [4.78, 5) is 28.9. The van der Waals surface area contributed by atoms with Crippen molar-refractivity contribution < 1.29 is 9.59 Å². The molecule has 0 radical (unpaired) electrons. The maximum Gasteiger partial charge on any atom is 0.256 e. The number of likely N-dealkylation sites (tertiary alicyclic amines) is 1. The number of carbonyl (C=O) groups is 2. The van der Waals surface area contributed by atoms with E-state index in [9.17, 15) is 9.59 Å². The number of aromatic nitrogens is 1. The van der Waals surface area contributed by atoms with E-state index in [1.54, 1.807) is 0 Å². The highest BCUT2D eigenvalue weighted by Crippen LogP contribution is 2.25. The molecule has 0 unspecified atom stereocenters. The van der Waals surface area contributed by atoms with Crippen LogP contribution in [0.3, 0.4) is 0 Å². The average Bonchev–Trinajstić information content (AvgIpc) is 3.10. The summed E-state index contributed by atoms with van der Waals surface area (Å²) in [6.07, 6.45) is 5.44. The van der Waals surface area contributed by atoms with Crippen LogP contribution in [-0.2, 0) is 0 Å². The maximum absolute atomic E-state index is 12.9. The highest BCUT2D eigenvalue weighted by atomic mass is 16.2. The third kappa shape index (κ3) is 2.75. The predicted molar refractivity (Wildman–Crippen MR) is 80.7 cm³/mol. The van der Waals surface area contributed by atoms with E-state index in [-0.39, 0.29) is 11.9 Å². The first kappa shape index (κ1) is 14.3. The van der Waals surface area contributed by atoms with Crippen LogP contribution in [-0.4, -0.2) is 47.3 Å². The molecule has 5 nitrogen and oxygen atoms in total. The van der Waals surface area contributed by atoms with Gasteiger partial charge < -0.3 is 15.2 Å². The summed E-state index contributed by atoms with van der Waals surface area (Å²) in [5.74, 6) is 0.0643. The smallest absolute Gasteiger partial charge is 0.256 e. The molecule has 1 aromatic heterocycles. The number of aryl methyl sites for hydroxylation is 1. The number of nitrogens with one attached hydrogen (secondary N) is 2. The molecule has 1 saturated heterocycles. The molecule has 0 spiro atoms. The van der Waals surface area contributed by atoms with Crippen LogP contribution >= 0.6 is 0 Å². The van der Waals surface area contributed by atoms with Gasteiger partial charge in [0.2, 0.25) is 0 Å². The van der Waals surface area contributed by atoms with Crippen molar-refractivity contribution in [3.8, 4) is 0 Å². The van der Waals surface area contributed by atoms with Gasteiger partial charge in [-0.05, 0) is 45.1 Å². The van der Waals surface area contributed by atoms with Crippen molar-refractivity contribution in [1.29, 1.82) is 0 Å². The molecule has 0 aromatic carbocycles. The predicted octanol–water partition coefficient (Wildman–Crippen LogP) is 1.80. The van der Waals surface area contributed by atoms with Gasteiger partial charge in [-0.25, -0.2) is 0 Å². The Morgan fingerprint density at radius 2 is 2.14 bits per heavy atom. The largest absolute Gasteiger partial charge is 0.356 e. The molecule has 1 aromatic rings. The zero-order chi connectivity index (χ0) is 15.0. The lowest BCUT2D eigenvalue weighted by Gasteiger charge is -2.25. The van der Waals surface area contributed by atoms with Crippen molar-refractivity contribution in [3.63, 3.8) is 0 Å². The lowest BCUT2D eigenvalue weighted by molar-refractivity contribution is 0.0734. The van der Waals surface area contributed by atoms with Crippen LogP contribution in [0, 0.1) is 13.8 Å². The molecule has 21 heavy (non-hydrogen) atoms. The number of H-pyrrole nitrogens is 1. The highest BCUT2D eigenvalue weighted by Gasteiger charge is 2.33. The van der Waals surface area contributed by atoms with E-state index in [1.807, 2.05) is 18.7 Å². The van der Waals surface area contributed by atoms with Crippen molar-refractivity contribution >= 4 is 12.2 Å². The van der Waals surface area contributed by atoms with Gasteiger partial charge in [-0.2, -0.15) is 0 Å². The molecule has 1 aliphatic carbocycles. The monoisotopic (exact) mass is 289 g/mol. The third-order valence-electron chi connectivity index (χ3n) is 4.67. The van der Waals surface area contributed by atoms with Crippen molar-refractivity contribution in [2.75, 3.05) is 13.1 Å². The summed E-state index contributed by atoms with van der Waals surface area (Å²) < 4.78 is 0. The van der Waals surface area contributed by atoms with Gasteiger partial charge in [0.25, 0.3) is 5.91 Å². The van der Waals surface area contributed by atoms with Crippen molar-refractivity contribution in [2.24, 2.45) is 0 Å². The number of rotatable bonds is 5. The topological polar surface area (TPSA) is 65.2 Å². The standard InChI is InChI=1S/C16H23N3O2/c1-10-14(9-20)18-11(2)15(10)16(21)19-7-3-4-13(19)8-17-12-5-6-12/h9,12-13,17-18H,3-8H2,1-2H3/t13-/m0/s1. The zero-order valence-corrected chi connectivity index (χ0v) is 12.7. The third-order valence-corrected chi connectivity index (χ3v) is 4.67. The SMILES string of the molecule is Cc1[nH]c(C=O)c(C)c1C(=O)N1CCC[C@H]1CNC1CC1. The van der Waals surface area contributed by atoms with E-state index >= 15 is 0 Å². The minimum absolute atomic E-state index is 0.0643. The van der Waals surface area contributed by atoms with Crippen molar-refractivity contribution in [3.05, 3.63) is 22.5 Å². The summed E-state index contributed by atoms with van der Waals surface area (Å²) in [5, 5.41) is 3.52. The minimum atomic E-state index is 0.0643. The van der Waals surface area contributed by atoms with Crippen LogP contribution in [0.1, 0.15) is 57.8 Å². The van der Waals surface area contributed by atoms with E-state index < -0.39 is 0 Å². The van der Waals surface area contributed by atoms with Crippen molar-refractivity contribution in [2.45, 2.75) is 51.6 Å². The number of aldehydes is 1. The van der Waals surface area contributed by atoms with Crippen LogP contribution in [0.25, 0.3) is 0 Å². The van der Waals surface area contributed by atoms with Gasteiger partial charge in [-0.3, -0.25) is 9.59 Å². The fraction of sp³-hybridized carbons (Fsp3) is 0.625. The Morgan fingerprint density at radius 3 is 2.76 bits per heavy atom. The fourth-order valence-electron chi connectivity index (χ4n) is 3.26. The molecule has 2 N–H and O–H groups in total. The Balaban J connectivity index is 1.76. The first-order chi connectivity index (χ1) is 10.1. The Bertz CT molecular complexity index is 560. The number of amides is 1.